The van der Waals surface area contributed by atoms with Gasteiger partial charge in [-0.3, -0.25) is 4.90 Å². The van der Waals surface area contributed by atoms with E-state index in [2.05, 4.69) is 85.1 Å². The Hall–Kier alpha value is -1.95. The number of hydrogen-bond donors (Lipinski definition) is 0. The molecular formula is C20H32N6. The van der Waals surface area contributed by atoms with Crippen molar-refractivity contribution < 1.29 is 0 Å². The molecule has 0 spiro atoms. The number of aromatic nitrogens is 4. The molecule has 0 aliphatic carbocycles. The summed E-state index contributed by atoms with van der Waals surface area (Å²) in [5.41, 5.74) is 4.13. The van der Waals surface area contributed by atoms with Crippen LogP contribution < -0.4 is 4.90 Å². The van der Waals surface area contributed by atoms with E-state index in [1.54, 1.807) is 0 Å². The van der Waals surface area contributed by atoms with Crippen LogP contribution in [0.1, 0.15) is 56.7 Å². The van der Waals surface area contributed by atoms with Gasteiger partial charge in [-0.1, -0.05) is 26.0 Å². The van der Waals surface area contributed by atoms with Crippen molar-refractivity contribution in [2.24, 2.45) is 5.92 Å². The molecule has 1 aromatic carbocycles. The normalized spacial score (nSPS) is 17.3. The van der Waals surface area contributed by atoms with E-state index in [0.29, 0.717) is 5.92 Å². The van der Waals surface area contributed by atoms with E-state index in [-0.39, 0.29) is 12.1 Å². The van der Waals surface area contributed by atoms with Gasteiger partial charge < -0.3 is 4.90 Å². The maximum absolute atomic E-state index is 4.38. The summed E-state index contributed by atoms with van der Waals surface area (Å²) in [5.74, 6) is 1.46. The van der Waals surface area contributed by atoms with Crippen LogP contribution in [0.4, 0.5) is 5.69 Å². The highest BCUT2D eigenvalue weighted by Gasteiger charge is 2.32. The number of piperazine rings is 1. The van der Waals surface area contributed by atoms with E-state index in [0.717, 1.165) is 32.0 Å². The van der Waals surface area contributed by atoms with Crippen LogP contribution in [0, 0.1) is 19.8 Å². The van der Waals surface area contributed by atoms with E-state index < -0.39 is 0 Å². The first-order chi connectivity index (χ1) is 12.4. The topological polar surface area (TPSA) is 50.1 Å². The fourth-order valence-corrected chi connectivity index (χ4v) is 3.97. The maximum Gasteiger partial charge on any atom is 0.168 e. The minimum atomic E-state index is 0.258. The SMILES string of the molecule is Cc1cccc(N2CCN([C@H](c3nnnn3C(C)C)C(C)C)CC2)c1C. The number of anilines is 1. The Balaban J connectivity index is 1.76. The molecule has 0 amide bonds. The number of benzene rings is 1. The molecule has 1 saturated heterocycles. The van der Waals surface area contributed by atoms with Crippen LogP contribution in [0.3, 0.4) is 0 Å². The van der Waals surface area contributed by atoms with Crippen molar-refractivity contribution in [3.63, 3.8) is 0 Å². The van der Waals surface area contributed by atoms with Crippen LogP contribution in [0.25, 0.3) is 0 Å². The molecule has 1 aromatic heterocycles. The van der Waals surface area contributed by atoms with Crippen molar-refractivity contribution in [3.05, 3.63) is 35.2 Å². The van der Waals surface area contributed by atoms with E-state index in [1.807, 2.05) is 4.68 Å². The fourth-order valence-electron chi connectivity index (χ4n) is 3.97. The smallest absolute Gasteiger partial charge is 0.168 e. The second-order valence-electron chi connectivity index (χ2n) is 8.01. The molecule has 0 radical (unpaired) electrons. The van der Waals surface area contributed by atoms with E-state index >= 15 is 0 Å². The number of nitrogens with zero attached hydrogens (tertiary/aromatic N) is 6. The molecule has 0 N–H and O–H groups in total. The highest BCUT2D eigenvalue weighted by atomic mass is 15.6. The third kappa shape index (κ3) is 3.61. The van der Waals surface area contributed by atoms with Gasteiger partial charge in [0.2, 0.25) is 0 Å². The third-order valence-electron chi connectivity index (χ3n) is 5.53. The minimum Gasteiger partial charge on any atom is -0.369 e. The van der Waals surface area contributed by atoms with Gasteiger partial charge in [0.25, 0.3) is 0 Å². The van der Waals surface area contributed by atoms with Crippen molar-refractivity contribution in [3.8, 4) is 0 Å². The molecule has 3 rings (SSSR count). The lowest BCUT2D eigenvalue weighted by Crippen LogP contribution is -2.49. The van der Waals surface area contributed by atoms with Gasteiger partial charge in [-0.15, -0.1) is 5.10 Å². The summed E-state index contributed by atoms with van der Waals surface area (Å²) in [6, 6.07) is 7.13. The molecule has 1 aliphatic heterocycles. The molecule has 1 aliphatic rings. The van der Waals surface area contributed by atoms with Crippen LogP contribution in [0.5, 0.6) is 0 Å². The minimum absolute atomic E-state index is 0.258. The Morgan fingerprint density at radius 3 is 2.27 bits per heavy atom. The fraction of sp³-hybridized carbons (Fsp3) is 0.650. The molecule has 1 fully saturated rings. The van der Waals surface area contributed by atoms with Crippen molar-refractivity contribution >= 4 is 5.69 Å². The van der Waals surface area contributed by atoms with Crippen LogP contribution in [-0.4, -0.2) is 51.3 Å². The van der Waals surface area contributed by atoms with Gasteiger partial charge in [0, 0.05) is 31.9 Å². The highest BCUT2D eigenvalue weighted by molar-refractivity contribution is 5.56. The average molecular weight is 357 g/mol. The van der Waals surface area contributed by atoms with E-state index in [4.69, 9.17) is 0 Å². The molecule has 26 heavy (non-hydrogen) atoms. The Morgan fingerprint density at radius 1 is 0.962 bits per heavy atom. The molecule has 0 unspecified atom stereocenters. The lowest BCUT2D eigenvalue weighted by Gasteiger charge is -2.41. The number of rotatable bonds is 5. The molecule has 142 valence electrons. The molecule has 2 heterocycles. The van der Waals surface area contributed by atoms with Crippen LogP contribution in [0.2, 0.25) is 0 Å². The predicted molar refractivity (Wildman–Crippen MR) is 105 cm³/mol. The van der Waals surface area contributed by atoms with Gasteiger partial charge in [0.05, 0.1) is 12.1 Å². The summed E-state index contributed by atoms with van der Waals surface area (Å²) in [5, 5.41) is 12.6. The van der Waals surface area contributed by atoms with Gasteiger partial charge in [-0.05, 0) is 61.2 Å². The van der Waals surface area contributed by atoms with Gasteiger partial charge in [-0.25, -0.2) is 4.68 Å². The van der Waals surface area contributed by atoms with Crippen LogP contribution in [0.15, 0.2) is 18.2 Å². The Morgan fingerprint density at radius 2 is 1.65 bits per heavy atom. The van der Waals surface area contributed by atoms with E-state index in [9.17, 15) is 0 Å². The first kappa shape index (κ1) is 18.8. The number of tetrazole rings is 1. The zero-order valence-electron chi connectivity index (χ0n) is 17.0. The standard InChI is InChI=1S/C20H32N6/c1-14(2)19(20-21-22-23-26(20)15(3)4)25-12-10-24(11-13-25)18-9-7-8-16(5)17(18)6/h7-9,14-15,19H,10-13H2,1-6H3/t19-/m0/s1. The maximum atomic E-state index is 4.38. The molecule has 6 nitrogen and oxygen atoms in total. The molecule has 0 bridgehead atoms. The van der Waals surface area contributed by atoms with Crippen LogP contribution >= 0.6 is 0 Å². The number of hydrogen-bond acceptors (Lipinski definition) is 5. The highest BCUT2D eigenvalue weighted by Crippen LogP contribution is 2.31. The quantitative estimate of drug-likeness (QED) is 0.822. The predicted octanol–water partition coefficient (Wildman–Crippen LogP) is 3.39. The lowest BCUT2D eigenvalue weighted by atomic mass is 10.00. The molecular weight excluding hydrogens is 324 g/mol. The molecule has 2 aromatic rings. The van der Waals surface area contributed by atoms with Crippen molar-refractivity contribution in [2.45, 2.75) is 53.6 Å². The van der Waals surface area contributed by atoms with Crippen LogP contribution in [-0.2, 0) is 0 Å². The first-order valence-electron chi connectivity index (χ1n) is 9.73. The van der Waals surface area contributed by atoms with Crippen molar-refractivity contribution in [1.82, 2.24) is 25.1 Å². The van der Waals surface area contributed by atoms with Gasteiger partial charge in [0.1, 0.15) is 0 Å². The monoisotopic (exact) mass is 356 g/mol. The Labute approximate surface area is 157 Å². The molecule has 6 heteroatoms. The Kier molecular flexibility index (Phi) is 5.61. The summed E-state index contributed by atoms with van der Waals surface area (Å²) < 4.78 is 1.97. The second-order valence-corrected chi connectivity index (χ2v) is 8.01. The zero-order chi connectivity index (χ0) is 18.8. The van der Waals surface area contributed by atoms with Crippen molar-refractivity contribution in [2.75, 3.05) is 31.1 Å². The van der Waals surface area contributed by atoms with Crippen molar-refractivity contribution in [1.29, 1.82) is 0 Å². The average Bonchev–Trinajstić information content (AvgIpc) is 3.07. The summed E-state index contributed by atoms with van der Waals surface area (Å²) in [7, 11) is 0. The largest absolute Gasteiger partial charge is 0.369 e. The molecule has 1 atom stereocenters. The van der Waals surface area contributed by atoms with E-state index in [1.165, 1.54) is 16.8 Å². The summed E-state index contributed by atoms with van der Waals surface area (Å²) >= 11 is 0. The summed E-state index contributed by atoms with van der Waals surface area (Å²) in [6.45, 7) is 17.4. The molecule has 0 saturated carbocycles. The van der Waals surface area contributed by atoms with Gasteiger partial charge in [0.15, 0.2) is 5.82 Å². The van der Waals surface area contributed by atoms with Gasteiger partial charge >= 0.3 is 0 Å². The third-order valence-corrected chi connectivity index (χ3v) is 5.53. The second kappa shape index (κ2) is 7.74. The summed E-state index contributed by atoms with van der Waals surface area (Å²) in [6.07, 6.45) is 0. The number of aryl methyl sites for hydroxylation is 1. The lowest BCUT2D eigenvalue weighted by molar-refractivity contribution is 0.133. The first-order valence-corrected chi connectivity index (χ1v) is 9.73. The summed E-state index contributed by atoms with van der Waals surface area (Å²) in [4.78, 5) is 5.07. The Bertz CT molecular complexity index is 728. The van der Waals surface area contributed by atoms with Gasteiger partial charge in [-0.2, -0.15) is 0 Å². The zero-order valence-corrected chi connectivity index (χ0v) is 17.0.